The summed E-state index contributed by atoms with van der Waals surface area (Å²) < 4.78 is 1.13. The maximum absolute atomic E-state index is 12.5. The highest BCUT2D eigenvalue weighted by Crippen LogP contribution is 2.30. The molecule has 26 heavy (non-hydrogen) atoms. The van der Waals surface area contributed by atoms with Crippen molar-refractivity contribution in [1.82, 2.24) is 25.2 Å². The van der Waals surface area contributed by atoms with Crippen LogP contribution in [0.1, 0.15) is 38.5 Å². The van der Waals surface area contributed by atoms with Crippen molar-refractivity contribution < 1.29 is 4.79 Å². The van der Waals surface area contributed by atoms with Gasteiger partial charge in [-0.05, 0) is 39.1 Å². The largest absolute Gasteiger partial charge is 0.353 e. The second kappa shape index (κ2) is 7.95. The van der Waals surface area contributed by atoms with E-state index in [2.05, 4.69) is 34.6 Å². The number of hydrogen-bond donors (Lipinski definition) is 1. The van der Waals surface area contributed by atoms with E-state index >= 15 is 0 Å². The fourth-order valence-electron chi connectivity index (χ4n) is 3.75. The van der Waals surface area contributed by atoms with Gasteiger partial charge in [-0.1, -0.05) is 43.0 Å². The van der Waals surface area contributed by atoms with Crippen LogP contribution in [-0.4, -0.2) is 52.0 Å². The number of likely N-dealkylation sites (N-methyl/N-ethyl adjacent to an activating group) is 1. The lowest BCUT2D eigenvalue weighted by molar-refractivity contribution is -0.122. The number of carbonyl (C=O) groups is 1. The van der Waals surface area contributed by atoms with Crippen molar-refractivity contribution in [3.63, 3.8) is 0 Å². The molecule has 7 heteroatoms. The first-order chi connectivity index (χ1) is 12.5. The maximum Gasteiger partial charge on any atom is 0.278 e. The van der Waals surface area contributed by atoms with E-state index in [0.29, 0.717) is 17.4 Å². The van der Waals surface area contributed by atoms with Crippen LogP contribution in [0.3, 0.4) is 0 Å². The van der Waals surface area contributed by atoms with Crippen molar-refractivity contribution in [3.8, 4) is 0 Å². The third kappa shape index (κ3) is 3.93. The number of benzene rings is 1. The van der Waals surface area contributed by atoms with Gasteiger partial charge >= 0.3 is 0 Å². The first-order valence-electron chi connectivity index (χ1n) is 9.28. The van der Waals surface area contributed by atoms with E-state index < -0.39 is 0 Å². The Balaban J connectivity index is 1.69. The smallest absolute Gasteiger partial charge is 0.278 e. The molecule has 1 aromatic carbocycles. The van der Waals surface area contributed by atoms with Crippen LogP contribution < -0.4 is 10.9 Å². The number of carbonyl (C=O) groups excluding carboxylic acids is 1. The lowest BCUT2D eigenvalue weighted by atomic mass is 9.88. The average molecular weight is 357 g/mol. The summed E-state index contributed by atoms with van der Waals surface area (Å²) in [6, 6.07) is 7.03. The highest BCUT2D eigenvalue weighted by Gasteiger charge is 2.33. The van der Waals surface area contributed by atoms with E-state index in [4.69, 9.17) is 0 Å². The number of nitrogens with one attached hydrogen (secondary N) is 1. The quantitative estimate of drug-likeness (QED) is 0.822. The Labute approximate surface area is 153 Å². The third-order valence-corrected chi connectivity index (χ3v) is 5.52. The molecule has 0 aliphatic heterocycles. The number of nitrogens with zero attached hydrogens (tertiary/aromatic N) is 4. The summed E-state index contributed by atoms with van der Waals surface area (Å²) >= 11 is 0. The van der Waals surface area contributed by atoms with E-state index in [1.165, 1.54) is 25.7 Å². The van der Waals surface area contributed by atoms with E-state index in [0.717, 1.165) is 17.5 Å². The number of amides is 1. The van der Waals surface area contributed by atoms with Crippen LogP contribution in [-0.2, 0) is 11.3 Å². The topological polar surface area (TPSA) is 80.1 Å². The summed E-state index contributed by atoms with van der Waals surface area (Å²) in [6.07, 6.45) is 7.04. The Morgan fingerprint density at radius 3 is 2.58 bits per heavy atom. The minimum absolute atomic E-state index is 0.00775. The monoisotopic (exact) mass is 357 g/mol. The Kier molecular flexibility index (Phi) is 5.66. The van der Waals surface area contributed by atoms with Gasteiger partial charge in [0.05, 0.1) is 5.39 Å². The first kappa shape index (κ1) is 18.5. The van der Waals surface area contributed by atoms with Gasteiger partial charge < -0.3 is 10.2 Å². The second-order valence-electron chi connectivity index (χ2n) is 7.38. The Morgan fingerprint density at radius 2 is 1.88 bits per heavy atom. The molecule has 1 aliphatic rings. The van der Waals surface area contributed by atoms with Gasteiger partial charge in [0.2, 0.25) is 5.91 Å². The van der Waals surface area contributed by atoms with Crippen LogP contribution in [0.25, 0.3) is 10.9 Å². The molecule has 0 spiro atoms. The van der Waals surface area contributed by atoms with Crippen molar-refractivity contribution in [2.24, 2.45) is 0 Å². The molecule has 2 aromatic rings. The minimum Gasteiger partial charge on any atom is -0.353 e. The molecule has 1 saturated carbocycles. The molecular weight excluding hydrogens is 330 g/mol. The predicted octanol–water partition coefficient (Wildman–Crippen LogP) is 1.56. The molecule has 0 saturated heterocycles. The zero-order valence-corrected chi connectivity index (χ0v) is 15.6. The van der Waals surface area contributed by atoms with Crippen molar-refractivity contribution in [2.75, 3.05) is 20.6 Å². The summed E-state index contributed by atoms with van der Waals surface area (Å²) in [4.78, 5) is 27.1. The zero-order chi connectivity index (χ0) is 18.6. The maximum atomic E-state index is 12.5. The normalized spacial score (nSPS) is 17.2. The van der Waals surface area contributed by atoms with Gasteiger partial charge in [-0.2, -0.15) is 0 Å². The summed E-state index contributed by atoms with van der Waals surface area (Å²) in [5.41, 5.74) is 0.244. The van der Waals surface area contributed by atoms with E-state index in [-0.39, 0.29) is 23.6 Å². The van der Waals surface area contributed by atoms with Gasteiger partial charge in [-0.15, -0.1) is 5.10 Å². The van der Waals surface area contributed by atoms with Gasteiger partial charge in [-0.3, -0.25) is 9.59 Å². The van der Waals surface area contributed by atoms with E-state index in [1.807, 2.05) is 0 Å². The van der Waals surface area contributed by atoms with Gasteiger partial charge in [-0.25, -0.2) is 4.68 Å². The predicted molar refractivity (Wildman–Crippen MR) is 101 cm³/mol. The number of fused-ring (bicyclic) bond motifs is 1. The second-order valence-corrected chi connectivity index (χ2v) is 7.38. The lowest BCUT2D eigenvalue weighted by Gasteiger charge is -2.39. The van der Waals surface area contributed by atoms with Crippen LogP contribution in [0.2, 0.25) is 0 Å². The van der Waals surface area contributed by atoms with Crippen LogP contribution >= 0.6 is 0 Å². The Morgan fingerprint density at radius 1 is 1.19 bits per heavy atom. The minimum atomic E-state index is -0.289. The number of aromatic nitrogens is 3. The molecule has 1 fully saturated rings. The highest BCUT2D eigenvalue weighted by atomic mass is 16.2. The SMILES string of the molecule is CN(C)C1(CNC(=O)Cn2nnc3ccccc3c2=O)CCCCCC1. The summed E-state index contributed by atoms with van der Waals surface area (Å²) in [6.45, 7) is 0.481. The highest BCUT2D eigenvalue weighted by molar-refractivity contribution is 5.78. The number of hydrogen-bond acceptors (Lipinski definition) is 5. The average Bonchev–Trinajstić information content (AvgIpc) is 2.89. The first-order valence-corrected chi connectivity index (χ1v) is 9.28. The summed E-state index contributed by atoms with van der Waals surface area (Å²) in [7, 11) is 4.16. The van der Waals surface area contributed by atoms with Crippen molar-refractivity contribution in [2.45, 2.75) is 50.6 Å². The van der Waals surface area contributed by atoms with E-state index in [1.54, 1.807) is 24.3 Å². The molecule has 1 aliphatic carbocycles. The fourth-order valence-corrected chi connectivity index (χ4v) is 3.75. The van der Waals surface area contributed by atoms with Gasteiger partial charge in [0.15, 0.2) is 0 Å². The number of rotatable bonds is 5. The molecule has 1 N–H and O–H groups in total. The molecule has 140 valence electrons. The van der Waals surface area contributed by atoms with Gasteiger partial charge in [0.1, 0.15) is 12.1 Å². The van der Waals surface area contributed by atoms with Gasteiger partial charge in [0.25, 0.3) is 5.56 Å². The standard InChI is InChI=1S/C19H27N5O2/c1-23(2)19(11-7-3-4-8-12-19)14-20-17(25)13-24-18(26)15-9-5-6-10-16(15)21-22-24/h5-6,9-10H,3-4,7-8,11-14H2,1-2H3,(H,20,25). The molecule has 1 amide bonds. The fraction of sp³-hybridized carbons (Fsp3) is 0.579. The van der Waals surface area contributed by atoms with E-state index in [9.17, 15) is 9.59 Å². The summed E-state index contributed by atoms with van der Waals surface area (Å²) in [5, 5.41) is 11.4. The lowest BCUT2D eigenvalue weighted by Crippen LogP contribution is -2.53. The van der Waals surface area contributed by atoms with Crippen LogP contribution in [0.4, 0.5) is 0 Å². The Bertz CT molecular complexity index is 822. The summed E-state index contributed by atoms with van der Waals surface area (Å²) in [5.74, 6) is -0.206. The molecule has 0 atom stereocenters. The molecular formula is C19H27N5O2. The molecule has 0 radical (unpaired) electrons. The molecule has 7 nitrogen and oxygen atoms in total. The van der Waals surface area contributed by atoms with Crippen molar-refractivity contribution in [1.29, 1.82) is 0 Å². The van der Waals surface area contributed by atoms with Crippen molar-refractivity contribution >= 4 is 16.8 Å². The molecule has 1 heterocycles. The Hall–Kier alpha value is -2.28. The van der Waals surface area contributed by atoms with Crippen LogP contribution in [0, 0.1) is 0 Å². The van der Waals surface area contributed by atoms with Crippen LogP contribution in [0.15, 0.2) is 29.1 Å². The zero-order valence-electron chi connectivity index (χ0n) is 15.6. The third-order valence-electron chi connectivity index (χ3n) is 5.52. The van der Waals surface area contributed by atoms with Crippen molar-refractivity contribution in [3.05, 3.63) is 34.6 Å². The van der Waals surface area contributed by atoms with Crippen LogP contribution in [0.5, 0.6) is 0 Å². The molecule has 3 rings (SSSR count). The van der Waals surface area contributed by atoms with Gasteiger partial charge in [0, 0.05) is 12.1 Å². The molecule has 1 aromatic heterocycles. The molecule has 0 unspecified atom stereocenters. The molecule has 0 bridgehead atoms.